The lowest BCUT2D eigenvalue weighted by Crippen LogP contribution is -2.02. The van der Waals surface area contributed by atoms with Crippen molar-refractivity contribution in [2.24, 2.45) is 0 Å². The Morgan fingerprint density at radius 1 is 1.10 bits per heavy atom. The van der Waals surface area contributed by atoms with Crippen LogP contribution >= 0.6 is 0 Å². The van der Waals surface area contributed by atoms with Crippen LogP contribution in [0.4, 0.5) is 0 Å². The molecule has 0 saturated heterocycles. The van der Waals surface area contributed by atoms with Gasteiger partial charge in [0.2, 0.25) is 0 Å². The standard InChI is InChI=1S/C18H24N2O/c1-3-5-6-9-14(4-2)18-15(10-7-12-17(18)21)16-11-8-13-19-20-16/h7-8,10-14,21H,3-6,9H2,1-2H3. The molecule has 0 fully saturated rings. The fourth-order valence-electron chi connectivity index (χ4n) is 2.84. The second-order valence-corrected chi connectivity index (χ2v) is 5.45. The Morgan fingerprint density at radius 3 is 2.62 bits per heavy atom. The molecule has 0 aliphatic rings. The minimum Gasteiger partial charge on any atom is -0.508 e. The predicted octanol–water partition coefficient (Wildman–Crippen LogP) is 4.92. The third kappa shape index (κ3) is 3.81. The van der Waals surface area contributed by atoms with Gasteiger partial charge in [0.25, 0.3) is 0 Å². The van der Waals surface area contributed by atoms with E-state index < -0.39 is 0 Å². The molecule has 0 radical (unpaired) electrons. The van der Waals surface area contributed by atoms with Crippen LogP contribution in [0.2, 0.25) is 0 Å². The van der Waals surface area contributed by atoms with Gasteiger partial charge in [0.15, 0.2) is 0 Å². The van der Waals surface area contributed by atoms with E-state index in [1.807, 2.05) is 24.3 Å². The highest BCUT2D eigenvalue weighted by molar-refractivity contribution is 5.67. The van der Waals surface area contributed by atoms with E-state index in [1.165, 1.54) is 19.3 Å². The Bertz CT molecular complexity index is 554. The van der Waals surface area contributed by atoms with Gasteiger partial charge in [-0.2, -0.15) is 10.2 Å². The molecule has 112 valence electrons. The normalized spacial score (nSPS) is 12.3. The van der Waals surface area contributed by atoms with Gasteiger partial charge < -0.3 is 5.11 Å². The maximum Gasteiger partial charge on any atom is 0.119 e. The zero-order valence-electron chi connectivity index (χ0n) is 12.9. The van der Waals surface area contributed by atoms with Crippen molar-refractivity contribution >= 4 is 0 Å². The summed E-state index contributed by atoms with van der Waals surface area (Å²) in [6.07, 6.45) is 7.45. The molecule has 1 aromatic carbocycles. The molecule has 1 unspecified atom stereocenters. The highest BCUT2D eigenvalue weighted by Crippen LogP contribution is 2.38. The first-order valence-electron chi connectivity index (χ1n) is 7.87. The van der Waals surface area contributed by atoms with Gasteiger partial charge in [0, 0.05) is 17.3 Å². The molecule has 3 nitrogen and oxygen atoms in total. The second-order valence-electron chi connectivity index (χ2n) is 5.45. The van der Waals surface area contributed by atoms with Gasteiger partial charge in [-0.05, 0) is 37.0 Å². The SMILES string of the molecule is CCCCCC(CC)c1c(O)cccc1-c1cccnn1. The Labute approximate surface area is 127 Å². The van der Waals surface area contributed by atoms with Crippen LogP contribution in [0.3, 0.4) is 0 Å². The van der Waals surface area contributed by atoms with Gasteiger partial charge in [-0.1, -0.05) is 45.2 Å². The molecule has 21 heavy (non-hydrogen) atoms. The Hall–Kier alpha value is -1.90. The van der Waals surface area contributed by atoms with Gasteiger partial charge in [-0.25, -0.2) is 0 Å². The average Bonchev–Trinajstić information content (AvgIpc) is 2.53. The second kappa shape index (κ2) is 7.77. The van der Waals surface area contributed by atoms with Crippen LogP contribution in [0.25, 0.3) is 11.3 Å². The number of nitrogens with zero attached hydrogens (tertiary/aromatic N) is 2. The lowest BCUT2D eigenvalue weighted by molar-refractivity contribution is 0.452. The van der Waals surface area contributed by atoms with Gasteiger partial charge in [-0.15, -0.1) is 0 Å². The summed E-state index contributed by atoms with van der Waals surface area (Å²) in [4.78, 5) is 0. The number of unbranched alkanes of at least 4 members (excludes halogenated alkanes) is 2. The van der Waals surface area contributed by atoms with Crippen LogP contribution in [0.15, 0.2) is 36.5 Å². The maximum absolute atomic E-state index is 10.4. The van der Waals surface area contributed by atoms with Crippen LogP contribution in [0.1, 0.15) is 57.4 Å². The molecule has 1 aromatic heterocycles. The lowest BCUT2D eigenvalue weighted by Gasteiger charge is -2.20. The summed E-state index contributed by atoms with van der Waals surface area (Å²) in [7, 11) is 0. The van der Waals surface area contributed by atoms with Crippen LogP contribution in [0, 0.1) is 0 Å². The van der Waals surface area contributed by atoms with Crippen LogP contribution < -0.4 is 0 Å². The molecule has 0 bridgehead atoms. The fraction of sp³-hybridized carbons (Fsp3) is 0.444. The fourth-order valence-corrected chi connectivity index (χ4v) is 2.84. The summed E-state index contributed by atoms with van der Waals surface area (Å²) in [5, 5.41) is 18.5. The zero-order valence-corrected chi connectivity index (χ0v) is 12.9. The first-order chi connectivity index (χ1) is 10.3. The van der Waals surface area contributed by atoms with Gasteiger partial charge in [-0.3, -0.25) is 0 Å². The van der Waals surface area contributed by atoms with Crippen molar-refractivity contribution in [1.82, 2.24) is 10.2 Å². The van der Waals surface area contributed by atoms with Crippen LogP contribution in [0.5, 0.6) is 5.75 Å². The van der Waals surface area contributed by atoms with Crippen molar-refractivity contribution in [2.45, 2.75) is 51.9 Å². The number of aromatic hydroxyl groups is 1. The topological polar surface area (TPSA) is 46.0 Å². The molecule has 0 spiro atoms. The van der Waals surface area contributed by atoms with E-state index in [-0.39, 0.29) is 0 Å². The number of phenolic OH excluding ortho intramolecular Hbond substituents is 1. The molecule has 2 aromatic rings. The molecule has 0 aliphatic heterocycles. The molecular formula is C18H24N2O. The van der Waals surface area contributed by atoms with E-state index in [2.05, 4.69) is 24.0 Å². The molecule has 1 heterocycles. The van der Waals surface area contributed by atoms with Gasteiger partial charge >= 0.3 is 0 Å². The number of hydrogen-bond donors (Lipinski definition) is 1. The number of phenols is 1. The van der Waals surface area contributed by atoms with Crippen molar-refractivity contribution in [3.63, 3.8) is 0 Å². The first-order valence-corrected chi connectivity index (χ1v) is 7.87. The molecule has 2 rings (SSSR count). The van der Waals surface area contributed by atoms with Gasteiger partial charge in [0.1, 0.15) is 5.75 Å². The zero-order chi connectivity index (χ0) is 15.1. The molecule has 0 saturated carbocycles. The molecular weight excluding hydrogens is 260 g/mol. The van der Waals surface area contributed by atoms with E-state index in [9.17, 15) is 5.11 Å². The predicted molar refractivity (Wildman–Crippen MR) is 86.3 cm³/mol. The van der Waals surface area contributed by atoms with E-state index in [0.717, 1.165) is 29.7 Å². The first kappa shape index (κ1) is 15.5. The molecule has 0 aliphatic carbocycles. The smallest absolute Gasteiger partial charge is 0.119 e. The summed E-state index contributed by atoms with van der Waals surface area (Å²) in [5.74, 6) is 0.747. The minimum atomic E-state index is 0.370. The molecule has 0 amide bonds. The largest absolute Gasteiger partial charge is 0.508 e. The van der Waals surface area contributed by atoms with E-state index in [4.69, 9.17) is 0 Å². The van der Waals surface area contributed by atoms with Crippen molar-refractivity contribution < 1.29 is 5.11 Å². The Balaban J connectivity index is 2.37. The van der Waals surface area contributed by atoms with Gasteiger partial charge in [0.05, 0.1) is 5.69 Å². The monoisotopic (exact) mass is 284 g/mol. The highest BCUT2D eigenvalue weighted by atomic mass is 16.3. The molecule has 1 atom stereocenters. The van der Waals surface area contributed by atoms with Crippen LogP contribution in [-0.2, 0) is 0 Å². The van der Waals surface area contributed by atoms with Crippen molar-refractivity contribution in [1.29, 1.82) is 0 Å². The number of benzene rings is 1. The minimum absolute atomic E-state index is 0.370. The number of rotatable bonds is 7. The third-order valence-corrected chi connectivity index (χ3v) is 3.99. The van der Waals surface area contributed by atoms with Crippen molar-refractivity contribution in [2.75, 3.05) is 0 Å². The van der Waals surface area contributed by atoms with E-state index in [1.54, 1.807) is 12.3 Å². The summed E-state index contributed by atoms with van der Waals surface area (Å²) in [5.41, 5.74) is 2.86. The Morgan fingerprint density at radius 2 is 1.95 bits per heavy atom. The molecule has 1 N–H and O–H groups in total. The van der Waals surface area contributed by atoms with Crippen molar-refractivity contribution in [3.8, 4) is 17.0 Å². The highest BCUT2D eigenvalue weighted by Gasteiger charge is 2.19. The third-order valence-electron chi connectivity index (χ3n) is 3.99. The van der Waals surface area contributed by atoms with Crippen LogP contribution in [-0.4, -0.2) is 15.3 Å². The summed E-state index contributed by atoms with van der Waals surface area (Å²) < 4.78 is 0. The molecule has 3 heteroatoms. The van der Waals surface area contributed by atoms with Crippen molar-refractivity contribution in [3.05, 3.63) is 42.1 Å². The van der Waals surface area contributed by atoms with E-state index in [0.29, 0.717) is 11.7 Å². The summed E-state index contributed by atoms with van der Waals surface area (Å²) >= 11 is 0. The number of hydrogen-bond acceptors (Lipinski definition) is 3. The summed E-state index contributed by atoms with van der Waals surface area (Å²) in [6, 6.07) is 9.51. The van der Waals surface area contributed by atoms with E-state index >= 15 is 0 Å². The quantitative estimate of drug-likeness (QED) is 0.734. The Kier molecular flexibility index (Phi) is 5.73. The lowest BCUT2D eigenvalue weighted by atomic mass is 9.86. The maximum atomic E-state index is 10.4. The average molecular weight is 284 g/mol. The number of aromatic nitrogens is 2. The summed E-state index contributed by atoms with van der Waals surface area (Å²) in [6.45, 7) is 4.40.